The lowest BCUT2D eigenvalue weighted by Crippen LogP contribution is -2.38. The van der Waals surface area contributed by atoms with E-state index in [4.69, 9.17) is 0 Å². The number of thiophene rings is 1. The second kappa shape index (κ2) is 8.58. The maximum atomic E-state index is 4.42. The van der Waals surface area contributed by atoms with Crippen LogP contribution in [0.1, 0.15) is 24.5 Å². The predicted molar refractivity (Wildman–Crippen MR) is 93.3 cm³/mol. The summed E-state index contributed by atoms with van der Waals surface area (Å²) in [5, 5.41) is 8.77. The van der Waals surface area contributed by atoms with Gasteiger partial charge in [0.25, 0.3) is 0 Å². The van der Waals surface area contributed by atoms with E-state index < -0.39 is 0 Å². The summed E-state index contributed by atoms with van der Waals surface area (Å²) < 4.78 is 2.19. The average Bonchev–Trinajstić information content (AvgIpc) is 3.14. The van der Waals surface area contributed by atoms with Crippen LogP contribution in [0.3, 0.4) is 0 Å². The molecule has 0 aliphatic rings. The molecule has 0 amide bonds. The first-order valence-electron chi connectivity index (χ1n) is 7.66. The first-order chi connectivity index (χ1) is 10.7. The Morgan fingerprint density at radius 2 is 2.27 bits per heavy atom. The lowest BCUT2D eigenvalue weighted by molar-refractivity contribution is 0.503. The highest BCUT2D eigenvalue weighted by Gasteiger charge is 2.05. The summed E-state index contributed by atoms with van der Waals surface area (Å²) in [6, 6.07) is 4.24. The van der Waals surface area contributed by atoms with Gasteiger partial charge in [-0.2, -0.15) is 0 Å². The topological polar surface area (TPSA) is 54.2 Å². The van der Waals surface area contributed by atoms with Gasteiger partial charge in [-0.15, -0.1) is 11.3 Å². The largest absolute Gasteiger partial charge is 0.356 e. The Bertz CT molecular complexity index is 571. The highest BCUT2D eigenvalue weighted by atomic mass is 32.1. The Morgan fingerprint density at radius 1 is 1.41 bits per heavy atom. The van der Waals surface area contributed by atoms with E-state index in [1.807, 2.05) is 12.4 Å². The first-order valence-corrected chi connectivity index (χ1v) is 8.54. The van der Waals surface area contributed by atoms with E-state index in [2.05, 4.69) is 56.5 Å². The Balaban J connectivity index is 1.77. The van der Waals surface area contributed by atoms with Gasteiger partial charge in [-0.3, -0.25) is 4.99 Å². The molecule has 0 radical (unpaired) electrons. The smallest absolute Gasteiger partial charge is 0.191 e. The van der Waals surface area contributed by atoms with Gasteiger partial charge in [0.2, 0.25) is 0 Å². The van der Waals surface area contributed by atoms with Gasteiger partial charge < -0.3 is 15.2 Å². The Morgan fingerprint density at radius 3 is 2.95 bits per heavy atom. The Kier molecular flexibility index (Phi) is 6.45. The zero-order valence-corrected chi connectivity index (χ0v) is 14.4. The molecular weight excluding hydrogens is 294 g/mol. The fraction of sp³-hybridized carbons (Fsp3) is 0.500. The van der Waals surface area contributed by atoms with Crippen LogP contribution in [0, 0.1) is 5.92 Å². The van der Waals surface area contributed by atoms with Crippen molar-refractivity contribution in [2.45, 2.75) is 33.4 Å². The third-order valence-corrected chi connectivity index (χ3v) is 4.18. The zero-order chi connectivity index (χ0) is 15.8. The van der Waals surface area contributed by atoms with Crippen molar-refractivity contribution < 1.29 is 0 Å². The number of aromatic nitrogens is 2. The standard InChI is InChI=1S/C16H25N5S/c1-13(2)12-21-9-8-18-15(21)11-20-16(17-3)19-7-6-14-5-4-10-22-14/h4-5,8-10,13H,6-7,11-12H2,1-3H3,(H2,17,19,20). The summed E-state index contributed by atoms with van der Waals surface area (Å²) in [5.74, 6) is 2.46. The van der Waals surface area contributed by atoms with Crippen LogP contribution in [0.15, 0.2) is 34.9 Å². The molecule has 0 unspecified atom stereocenters. The number of hydrogen-bond donors (Lipinski definition) is 2. The van der Waals surface area contributed by atoms with Crippen LogP contribution in [-0.2, 0) is 19.5 Å². The fourth-order valence-corrected chi connectivity index (χ4v) is 2.92. The summed E-state index contributed by atoms with van der Waals surface area (Å²) in [4.78, 5) is 10.1. The van der Waals surface area contributed by atoms with Gasteiger partial charge in [0.15, 0.2) is 5.96 Å². The molecule has 0 aromatic carbocycles. The maximum absolute atomic E-state index is 4.42. The number of guanidine groups is 1. The number of aliphatic imine (C=N–C) groups is 1. The fourth-order valence-electron chi connectivity index (χ4n) is 2.21. The third-order valence-electron chi connectivity index (χ3n) is 3.25. The van der Waals surface area contributed by atoms with Crippen LogP contribution in [0.25, 0.3) is 0 Å². The highest BCUT2D eigenvalue weighted by molar-refractivity contribution is 7.09. The molecule has 2 aromatic heterocycles. The van der Waals surface area contributed by atoms with Gasteiger partial charge >= 0.3 is 0 Å². The van der Waals surface area contributed by atoms with Gasteiger partial charge in [0, 0.05) is 37.4 Å². The molecule has 0 aliphatic heterocycles. The second-order valence-electron chi connectivity index (χ2n) is 5.57. The molecule has 2 aromatic rings. The average molecular weight is 319 g/mol. The minimum Gasteiger partial charge on any atom is -0.356 e. The van der Waals surface area contributed by atoms with Crippen LogP contribution in [0.2, 0.25) is 0 Å². The SMILES string of the molecule is CN=C(NCCc1cccs1)NCc1nccn1CC(C)C. The van der Waals surface area contributed by atoms with Crippen molar-refractivity contribution in [3.05, 3.63) is 40.6 Å². The molecule has 5 nitrogen and oxygen atoms in total. The van der Waals surface area contributed by atoms with E-state index >= 15 is 0 Å². The predicted octanol–water partition coefficient (Wildman–Crippen LogP) is 2.51. The molecule has 22 heavy (non-hydrogen) atoms. The van der Waals surface area contributed by atoms with Crippen molar-refractivity contribution in [2.24, 2.45) is 10.9 Å². The second-order valence-corrected chi connectivity index (χ2v) is 6.60. The van der Waals surface area contributed by atoms with Gasteiger partial charge in [-0.1, -0.05) is 19.9 Å². The maximum Gasteiger partial charge on any atom is 0.191 e. The molecule has 2 rings (SSSR count). The molecule has 0 saturated carbocycles. The quantitative estimate of drug-likeness (QED) is 0.609. The molecule has 2 N–H and O–H groups in total. The van der Waals surface area contributed by atoms with E-state index in [1.165, 1.54) is 4.88 Å². The van der Waals surface area contributed by atoms with Crippen molar-refractivity contribution in [3.8, 4) is 0 Å². The van der Waals surface area contributed by atoms with Gasteiger partial charge in [0.05, 0.1) is 6.54 Å². The molecule has 0 bridgehead atoms. The van der Waals surface area contributed by atoms with Crippen LogP contribution >= 0.6 is 11.3 Å². The minimum absolute atomic E-state index is 0.608. The van der Waals surface area contributed by atoms with Crippen LogP contribution in [0.4, 0.5) is 0 Å². The van der Waals surface area contributed by atoms with Crippen LogP contribution in [0.5, 0.6) is 0 Å². The molecule has 2 heterocycles. The van der Waals surface area contributed by atoms with Gasteiger partial charge in [-0.05, 0) is 23.8 Å². The van der Waals surface area contributed by atoms with Crippen molar-refractivity contribution in [1.82, 2.24) is 20.2 Å². The third kappa shape index (κ3) is 5.18. The van der Waals surface area contributed by atoms with E-state index in [0.717, 1.165) is 31.3 Å². The molecule has 0 spiro atoms. The van der Waals surface area contributed by atoms with Gasteiger partial charge in [0.1, 0.15) is 5.82 Å². The molecule has 0 saturated heterocycles. The molecule has 0 fully saturated rings. The minimum atomic E-state index is 0.608. The van der Waals surface area contributed by atoms with Crippen LogP contribution < -0.4 is 10.6 Å². The van der Waals surface area contributed by atoms with Crippen molar-refractivity contribution in [2.75, 3.05) is 13.6 Å². The van der Waals surface area contributed by atoms with Crippen molar-refractivity contribution in [1.29, 1.82) is 0 Å². The van der Waals surface area contributed by atoms with E-state index in [0.29, 0.717) is 12.5 Å². The van der Waals surface area contributed by atoms with E-state index in [9.17, 15) is 0 Å². The normalized spacial score (nSPS) is 11.9. The summed E-state index contributed by atoms with van der Waals surface area (Å²) in [5.41, 5.74) is 0. The monoisotopic (exact) mass is 319 g/mol. The summed E-state index contributed by atoms with van der Waals surface area (Å²) in [7, 11) is 1.79. The summed E-state index contributed by atoms with van der Waals surface area (Å²) in [6.45, 7) is 6.96. The number of nitrogens with zero attached hydrogens (tertiary/aromatic N) is 3. The number of hydrogen-bond acceptors (Lipinski definition) is 3. The van der Waals surface area contributed by atoms with Crippen LogP contribution in [-0.4, -0.2) is 29.1 Å². The number of nitrogens with one attached hydrogen (secondary N) is 2. The summed E-state index contributed by atoms with van der Waals surface area (Å²) >= 11 is 1.79. The van der Waals surface area contributed by atoms with Crippen molar-refractivity contribution >= 4 is 17.3 Å². The van der Waals surface area contributed by atoms with Crippen molar-refractivity contribution in [3.63, 3.8) is 0 Å². The zero-order valence-electron chi connectivity index (χ0n) is 13.5. The molecule has 0 aliphatic carbocycles. The highest BCUT2D eigenvalue weighted by Crippen LogP contribution is 2.08. The van der Waals surface area contributed by atoms with E-state index in [1.54, 1.807) is 18.4 Å². The van der Waals surface area contributed by atoms with Gasteiger partial charge in [-0.25, -0.2) is 4.98 Å². The molecule has 6 heteroatoms. The molecule has 120 valence electrons. The molecular formula is C16H25N5S. The Hall–Kier alpha value is -1.82. The number of rotatable bonds is 7. The Labute approximate surface area is 136 Å². The number of imidazole rings is 1. The lowest BCUT2D eigenvalue weighted by Gasteiger charge is -2.13. The van der Waals surface area contributed by atoms with E-state index in [-0.39, 0.29) is 0 Å². The summed E-state index contributed by atoms with van der Waals surface area (Å²) in [6.07, 6.45) is 4.90. The first kappa shape index (κ1) is 16.5. The lowest BCUT2D eigenvalue weighted by atomic mass is 10.2. The molecule has 0 atom stereocenters.